The second kappa shape index (κ2) is 13.4. The highest BCUT2D eigenvalue weighted by molar-refractivity contribution is 7.98. The van der Waals surface area contributed by atoms with Crippen molar-refractivity contribution < 1.29 is 18.9 Å². The molecule has 1 aliphatic heterocycles. The molecule has 0 N–H and O–H groups in total. The summed E-state index contributed by atoms with van der Waals surface area (Å²) in [5, 5.41) is 5.49. The molecule has 0 amide bonds. The Hall–Kier alpha value is -3.53. The SMILES string of the molecule is CSc1ncnn2c(C3OC(COCc4ccccc4)C(OCc4ccccc4)C3OCc3ccccc3)ccc12. The van der Waals surface area contributed by atoms with Gasteiger partial charge in [-0.25, -0.2) is 9.50 Å². The highest BCUT2D eigenvalue weighted by Gasteiger charge is 2.48. The monoisotopic (exact) mass is 567 g/mol. The summed E-state index contributed by atoms with van der Waals surface area (Å²) in [5.41, 5.74) is 5.12. The van der Waals surface area contributed by atoms with Crippen LogP contribution in [0.1, 0.15) is 28.5 Å². The first-order chi connectivity index (χ1) is 20.3. The van der Waals surface area contributed by atoms with Gasteiger partial charge < -0.3 is 18.9 Å². The van der Waals surface area contributed by atoms with E-state index in [1.165, 1.54) is 0 Å². The first-order valence-corrected chi connectivity index (χ1v) is 15.0. The van der Waals surface area contributed by atoms with Crippen LogP contribution in [-0.2, 0) is 38.8 Å². The normalized spacial score (nSPS) is 20.5. The van der Waals surface area contributed by atoms with E-state index in [4.69, 9.17) is 18.9 Å². The molecule has 1 saturated heterocycles. The summed E-state index contributed by atoms with van der Waals surface area (Å²) in [4.78, 5) is 4.44. The Morgan fingerprint density at radius 3 is 1.93 bits per heavy atom. The smallest absolute Gasteiger partial charge is 0.137 e. The van der Waals surface area contributed by atoms with Crippen molar-refractivity contribution >= 4 is 17.3 Å². The number of ether oxygens (including phenoxy) is 4. The van der Waals surface area contributed by atoms with Gasteiger partial charge in [-0.2, -0.15) is 5.10 Å². The Kier molecular flexibility index (Phi) is 9.04. The molecule has 0 bridgehead atoms. The fourth-order valence-electron chi connectivity index (χ4n) is 5.19. The summed E-state index contributed by atoms with van der Waals surface area (Å²) >= 11 is 1.59. The molecule has 2 aromatic heterocycles. The Morgan fingerprint density at radius 2 is 1.32 bits per heavy atom. The maximum atomic E-state index is 6.76. The van der Waals surface area contributed by atoms with Crippen LogP contribution in [0.3, 0.4) is 0 Å². The minimum Gasteiger partial charge on any atom is -0.374 e. The molecule has 7 nitrogen and oxygen atoms in total. The third kappa shape index (κ3) is 6.53. The average molecular weight is 568 g/mol. The molecule has 1 aliphatic rings. The molecule has 6 rings (SSSR count). The van der Waals surface area contributed by atoms with Crippen LogP contribution < -0.4 is 0 Å². The van der Waals surface area contributed by atoms with Crippen molar-refractivity contribution in [3.63, 3.8) is 0 Å². The largest absolute Gasteiger partial charge is 0.374 e. The van der Waals surface area contributed by atoms with Crippen LogP contribution in [0.15, 0.2) is 114 Å². The maximum absolute atomic E-state index is 6.76. The summed E-state index contributed by atoms with van der Waals surface area (Å²) in [7, 11) is 0. The molecule has 210 valence electrons. The predicted molar refractivity (Wildman–Crippen MR) is 159 cm³/mol. The van der Waals surface area contributed by atoms with E-state index in [1.54, 1.807) is 18.1 Å². The van der Waals surface area contributed by atoms with Crippen molar-refractivity contribution in [2.45, 2.75) is 49.3 Å². The third-order valence-corrected chi connectivity index (χ3v) is 7.91. The van der Waals surface area contributed by atoms with Gasteiger partial charge in [-0.3, -0.25) is 0 Å². The number of benzene rings is 3. The average Bonchev–Trinajstić information content (AvgIpc) is 3.61. The minimum absolute atomic E-state index is 0.347. The second-order valence-electron chi connectivity index (χ2n) is 9.94. The molecule has 0 spiro atoms. The number of rotatable bonds is 12. The molecule has 3 heterocycles. The number of nitrogens with zero attached hydrogens (tertiary/aromatic N) is 3. The fraction of sp³-hybridized carbons (Fsp3) is 0.273. The van der Waals surface area contributed by atoms with Gasteiger partial charge in [0.2, 0.25) is 0 Å². The molecule has 8 heteroatoms. The van der Waals surface area contributed by atoms with E-state index in [-0.39, 0.29) is 12.2 Å². The van der Waals surface area contributed by atoms with Crippen LogP contribution >= 0.6 is 11.8 Å². The highest BCUT2D eigenvalue weighted by atomic mass is 32.2. The zero-order valence-corrected chi connectivity index (χ0v) is 23.7. The Labute approximate surface area is 244 Å². The van der Waals surface area contributed by atoms with Crippen molar-refractivity contribution in [3.05, 3.63) is 132 Å². The molecule has 4 unspecified atom stereocenters. The van der Waals surface area contributed by atoms with Crippen LogP contribution in [0.5, 0.6) is 0 Å². The first-order valence-electron chi connectivity index (χ1n) is 13.7. The van der Waals surface area contributed by atoms with Gasteiger partial charge in [0, 0.05) is 0 Å². The highest BCUT2D eigenvalue weighted by Crippen LogP contribution is 2.39. The summed E-state index contributed by atoms with van der Waals surface area (Å²) in [6.45, 7) is 1.73. The number of aromatic nitrogens is 3. The van der Waals surface area contributed by atoms with Gasteiger partial charge >= 0.3 is 0 Å². The molecular formula is C33H33N3O4S. The maximum Gasteiger partial charge on any atom is 0.137 e. The van der Waals surface area contributed by atoms with E-state index in [0.717, 1.165) is 32.9 Å². The number of fused-ring (bicyclic) bond motifs is 1. The number of hydrogen-bond acceptors (Lipinski definition) is 7. The molecule has 0 radical (unpaired) electrons. The van der Waals surface area contributed by atoms with Crippen molar-refractivity contribution in [1.82, 2.24) is 14.6 Å². The van der Waals surface area contributed by atoms with Crippen LogP contribution in [0.4, 0.5) is 0 Å². The van der Waals surface area contributed by atoms with E-state index in [0.29, 0.717) is 26.4 Å². The molecule has 3 aromatic carbocycles. The first kappa shape index (κ1) is 27.6. The predicted octanol–water partition coefficient (Wildman–Crippen LogP) is 6.28. The standard InChI is InChI=1S/C33H33N3O4S/c1-41-33-28-18-17-27(36(28)35-23-34-33)30-32(39-21-26-15-9-4-10-16-26)31(38-20-25-13-7-3-8-14-25)29(40-30)22-37-19-24-11-5-2-6-12-24/h2-18,23,29-32H,19-22H2,1H3. The van der Waals surface area contributed by atoms with E-state index < -0.39 is 12.2 Å². The lowest BCUT2D eigenvalue weighted by molar-refractivity contribution is -0.0898. The molecule has 0 saturated carbocycles. The third-order valence-electron chi connectivity index (χ3n) is 7.21. The minimum atomic E-state index is -0.420. The zero-order valence-electron chi connectivity index (χ0n) is 22.9. The molecule has 5 aromatic rings. The van der Waals surface area contributed by atoms with Crippen molar-refractivity contribution in [2.75, 3.05) is 12.9 Å². The quantitative estimate of drug-likeness (QED) is 0.164. The Balaban J connectivity index is 1.30. The summed E-state index contributed by atoms with van der Waals surface area (Å²) in [6, 6.07) is 34.6. The second-order valence-corrected chi connectivity index (χ2v) is 10.7. The van der Waals surface area contributed by atoms with E-state index in [1.807, 2.05) is 71.4 Å². The van der Waals surface area contributed by atoms with Crippen LogP contribution in [-0.4, -0.2) is 45.8 Å². The van der Waals surface area contributed by atoms with Crippen molar-refractivity contribution in [2.24, 2.45) is 0 Å². The van der Waals surface area contributed by atoms with Gasteiger partial charge in [0.25, 0.3) is 0 Å². The summed E-state index contributed by atoms with van der Waals surface area (Å²) < 4.78 is 28.1. The summed E-state index contributed by atoms with van der Waals surface area (Å²) in [6.07, 6.45) is 2.07. The van der Waals surface area contributed by atoms with Crippen molar-refractivity contribution in [1.29, 1.82) is 0 Å². The number of hydrogen-bond donors (Lipinski definition) is 0. The van der Waals surface area contributed by atoms with Gasteiger partial charge in [-0.1, -0.05) is 91.0 Å². The zero-order chi connectivity index (χ0) is 27.9. The topological polar surface area (TPSA) is 67.1 Å². The molecule has 0 aliphatic carbocycles. The lowest BCUT2D eigenvalue weighted by Crippen LogP contribution is -2.38. The Bertz CT molecular complexity index is 1520. The van der Waals surface area contributed by atoms with Crippen LogP contribution in [0, 0.1) is 0 Å². The van der Waals surface area contributed by atoms with Crippen LogP contribution in [0.2, 0.25) is 0 Å². The molecule has 4 atom stereocenters. The van der Waals surface area contributed by atoms with E-state index >= 15 is 0 Å². The van der Waals surface area contributed by atoms with Gasteiger partial charge in [-0.05, 0) is 35.1 Å². The van der Waals surface area contributed by atoms with Crippen LogP contribution in [0.25, 0.3) is 5.52 Å². The molecular weight excluding hydrogens is 534 g/mol. The summed E-state index contributed by atoms with van der Waals surface area (Å²) in [5.74, 6) is 0. The number of thioether (sulfide) groups is 1. The van der Waals surface area contributed by atoms with Gasteiger partial charge in [0.05, 0.1) is 37.6 Å². The van der Waals surface area contributed by atoms with Gasteiger partial charge in [0.1, 0.15) is 35.8 Å². The lowest BCUT2D eigenvalue weighted by atomic mass is 10.0. The van der Waals surface area contributed by atoms with E-state index in [9.17, 15) is 0 Å². The van der Waals surface area contributed by atoms with Gasteiger partial charge in [0.15, 0.2) is 0 Å². The Morgan fingerprint density at radius 1 is 0.732 bits per heavy atom. The molecule has 41 heavy (non-hydrogen) atoms. The lowest BCUT2D eigenvalue weighted by Gasteiger charge is -2.25. The van der Waals surface area contributed by atoms with Crippen molar-refractivity contribution in [3.8, 4) is 0 Å². The van der Waals surface area contributed by atoms with Gasteiger partial charge in [-0.15, -0.1) is 11.8 Å². The fourth-order valence-corrected chi connectivity index (χ4v) is 5.70. The van der Waals surface area contributed by atoms with E-state index in [2.05, 4.69) is 52.5 Å². The molecule has 1 fully saturated rings.